The third-order valence-electron chi connectivity index (χ3n) is 2.90. The maximum absolute atomic E-state index is 11.4. The Morgan fingerprint density at radius 1 is 1.33 bits per heavy atom. The quantitative estimate of drug-likeness (QED) is 0.689. The van der Waals surface area contributed by atoms with Crippen molar-refractivity contribution in [1.29, 1.82) is 0 Å². The molecule has 0 aliphatic heterocycles. The first kappa shape index (κ1) is 9.97. The summed E-state index contributed by atoms with van der Waals surface area (Å²) in [7, 11) is 1.66. The molecule has 1 atom stereocenters. The van der Waals surface area contributed by atoms with Crippen LogP contribution in [-0.2, 0) is 4.79 Å². The standard InChI is InChI=1S/C13H14O2/c1-9-7-10(8-12(9)14)11-5-3-4-6-13(11)15-2/h3-6,10H,1,7-8H2,2H3. The predicted octanol–water partition coefficient (Wildman–Crippen LogP) is 2.70. The van der Waals surface area contributed by atoms with Gasteiger partial charge in [-0.3, -0.25) is 4.79 Å². The topological polar surface area (TPSA) is 26.3 Å². The van der Waals surface area contributed by atoms with Crippen LogP contribution in [0, 0.1) is 0 Å². The molecule has 0 N–H and O–H groups in total. The number of rotatable bonds is 2. The van der Waals surface area contributed by atoms with Crippen molar-refractivity contribution in [3.05, 3.63) is 42.0 Å². The van der Waals surface area contributed by atoms with E-state index in [1.807, 2.05) is 24.3 Å². The molecule has 0 saturated heterocycles. The number of benzene rings is 1. The molecule has 2 nitrogen and oxygen atoms in total. The molecule has 1 saturated carbocycles. The predicted molar refractivity (Wildman–Crippen MR) is 59.1 cm³/mol. The number of Topliss-reactive ketones (excluding diaryl/α,β-unsaturated/α-hetero) is 1. The van der Waals surface area contributed by atoms with E-state index in [0.717, 1.165) is 23.3 Å². The van der Waals surface area contributed by atoms with E-state index in [2.05, 4.69) is 6.58 Å². The maximum atomic E-state index is 11.4. The second-order valence-electron chi connectivity index (χ2n) is 3.87. The Hall–Kier alpha value is -1.57. The minimum Gasteiger partial charge on any atom is -0.496 e. The molecule has 0 bridgehead atoms. The van der Waals surface area contributed by atoms with Gasteiger partial charge in [-0.25, -0.2) is 0 Å². The van der Waals surface area contributed by atoms with Crippen molar-refractivity contribution >= 4 is 5.78 Å². The molecular weight excluding hydrogens is 188 g/mol. The normalized spacial score (nSPS) is 20.7. The summed E-state index contributed by atoms with van der Waals surface area (Å²) in [6.07, 6.45) is 1.33. The third kappa shape index (κ3) is 1.80. The van der Waals surface area contributed by atoms with E-state index in [1.54, 1.807) is 7.11 Å². The van der Waals surface area contributed by atoms with Gasteiger partial charge in [-0.2, -0.15) is 0 Å². The van der Waals surface area contributed by atoms with Gasteiger partial charge in [0.1, 0.15) is 5.75 Å². The number of para-hydroxylation sites is 1. The van der Waals surface area contributed by atoms with Crippen LogP contribution in [0.5, 0.6) is 5.75 Å². The van der Waals surface area contributed by atoms with Gasteiger partial charge >= 0.3 is 0 Å². The van der Waals surface area contributed by atoms with Gasteiger partial charge in [-0.15, -0.1) is 0 Å². The summed E-state index contributed by atoms with van der Waals surface area (Å²) in [5.41, 5.74) is 1.86. The highest BCUT2D eigenvalue weighted by Gasteiger charge is 2.28. The van der Waals surface area contributed by atoms with Crippen molar-refractivity contribution in [3.8, 4) is 5.75 Å². The molecular formula is C13H14O2. The molecule has 2 heteroatoms. The zero-order valence-corrected chi connectivity index (χ0v) is 8.82. The smallest absolute Gasteiger partial charge is 0.158 e. The highest BCUT2D eigenvalue weighted by molar-refractivity contribution is 5.98. The van der Waals surface area contributed by atoms with Gasteiger partial charge in [0.15, 0.2) is 5.78 Å². The number of methoxy groups -OCH3 is 1. The van der Waals surface area contributed by atoms with E-state index in [-0.39, 0.29) is 11.7 Å². The molecule has 0 heterocycles. The summed E-state index contributed by atoms with van der Waals surface area (Å²) in [6.45, 7) is 3.78. The molecule has 2 rings (SSSR count). The van der Waals surface area contributed by atoms with Crippen LogP contribution in [-0.4, -0.2) is 12.9 Å². The summed E-state index contributed by atoms with van der Waals surface area (Å²) in [5, 5.41) is 0. The van der Waals surface area contributed by atoms with Gasteiger partial charge < -0.3 is 4.74 Å². The summed E-state index contributed by atoms with van der Waals surface area (Å²) in [6, 6.07) is 7.87. The van der Waals surface area contributed by atoms with Crippen molar-refractivity contribution < 1.29 is 9.53 Å². The fourth-order valence-electron chi connectivity index (χ4n) is 2.08. The Labute approximate surface area is 89.6 Å². The number of ether oxygens (including phenoxy) is 1. The molecule has 78 valence electrons. The van der Waals surface area contributed by atoms with Gasteiger partial charge in [-0.1, -0.05) is 24.8 Å². The van der Waals surface area contributed by atoms with E-state index in [0.29, 0.717) is 6.42 Å². The summed E-state index contributed by atoms with van der Waals surface area (Å²) < 4.78 is 5.29. The van der Waals surface area contributed by atoms with Crippen molar-refractivity contribution in [1.82, 2.24) is 0 Å². The van der Waals surface area contributed by atoms with Crippen molar-refractivity contribution in [2.24, 2.45) is 0 Å². The zero-order chi connectivity index (χ0) is 10.8. The van der Waals surface area contributed by atoms with Crippen LogP contribution >= 0.6 is 0 Å². The largest absolute Gasteiger partial charge is 0.496 e. The van der Waals surface area contributed by atoms with Crippen molar-refractivity contribution in [2.75, 3.05) is 7.11 Å². The van der Waals surface area contributed by atoms with Crippen LogP contribution in [0.1, 0.15) is 24.3 Å². The first-order valence-electron chi connectivity index (χ1n) is 5.06. The minimum atomic E-state index is 0.186. The Morgan fingerprint density at radius 3 is 2.67 bits per heavy atom. The lowest BCUT2D eigenvalue weighted by atomic mass is 9.96. The first-order chi connectivity index (χ1) is 7.22. The van der Waals surface area contributed by atoms with Gasteiger partial charge in [-0.05, 0) is 29.5 Å². The molecule has 1 aliphatic carbocycles. The average molecular weight is 202 g/mol. The lowest BCUT2D eigenvalue weighted by Gasteiger charge is -2.12. The molecule has 1 fully saturated rings. The molecule has 1 aromatic rings. The Bertz CT molecular complexity index is 391. The van der Waals surface area contributed by atoms with E-state index < -0.39 is 0 Å². The van der Waals surface area contributed by atoms with E-state index in [9.17, 15) is 4.79 Å². The molecule has 0 aromatic heterocycles. The lowest BCUT2D eigenvalue weighted by molar-refractivity contribution is -0.114. The summed E-state index contributed by atoms with van der Waals surface area (Å²) in [5.74, 6) is 1.30. The van der Waals surface area contributed by atoms with Crippen LogP contribution in [0.2, 0.25) is 0 Å². The molecule has 1 aliphatic rings. The van der Waals surface area contributed by atoms with Crippen LogP contribution in [0.3, 0.4) is 0 Å². The number of carbonyl (C=O) groups is 1. The van der Waals surface area contributed by atoms with Crippen LogP contribution in [0.15, 0.2) is 36.4 Å². The number of carbonyl (C=O) groups excluding carboxylic acids is 1. The molecule has 1 aromatic carbocycles. The fourth-order valence-corrected chi connectivity index (χ4v) is 2.08. The van der Waals surface area contributed by atoms with Gasteiger partial charge in [0.05, 0.1) is 7.11 Å². The van der Waals surface area contributed by atoms with Gasteiger partial charge in [0.2, 0.25) is 0 Å². The van der Waals surface area contributed by atoms with Crippen LogP contribution in [0.4, 0.5) is 0 Å². The van der Waals surface area contributed by atoms with E-state index >= 15 is 0 Å². The van der Waals surface area contributed by atoms with Gasteiger partial charge in [0.25, 0.3) is 0 Å². The molecule has 0 spiro atoms. The van der Waals surface area contributed by atoms with Crippen LogP contribution < -0.4 is 4.74 Å². The molecule has 0 radical (unpaired) electrons. The first-order valence-corrected chi connectivity index (χ1v) is 5.06. The molecule has 1 unspecified atom stereocenters. The van der Waals surface area contributed by atoms with Crippen molar-refractivity contribution in [3.63, 3.8) is 0 Å². The highest BCUT2D eigenvalue weighted by atomic mass is 16.5. The van der Waals surface area contributed by atoms with E-state index in [1.165, 1.54) is 0 Å². The second-order valence-corrected chi connectivity index (χ2v) is 3.87. The monoisotopic (exact) mass is 202 g/mol. The average Bonchev–Trinajstić information content (AvgIpc) is 2.59. The number of hydrogen-bond acceptors (Lipinski definition) is 2. The Morgan fingerprint density at radius 2 is 2.07 bits per heavy atom. The maximum Gasteiger partial charge on any atom is 0.158 e. The van der Waals surface area contributed by atoms with E-state index in [4.69, 9.17) is 4.74 Å². The van der Waals surface area contributed by atoms with Crippen LogP contribution in [0.25, 0.3) is 0 Å². The number of allylic oxidation sites excluding steroid dienone is 1. The Kier molecular flexibility index (Phi) is 2.58. The Balaban J connectivity index is 2.30. The SMILES string of the molecule is C=C1CC(c2ccccc2OC)CC1=O. The summed E-state index contributed by atoms with van der Waals surface area (Å²) in [4.78, 5) is 11.4. The van der Waals surface area contributed by atoms with Crippen molar-refractivity contribution in [2.45, 2.75) is 18.8 Å². The van der Waals surface area contributed by atoms with Gasteiger partial charge in [0, 0.05) is 6.42 Å². The highest BCUT2D eigenvalue weighted by Crippen LogP contribution is 2.38. The number of hydrogen-bond donors (Lipinski definition) is 0. The lowest BCUT2D eigenvalue weighted by Crippen LogP contribution is -1.97. The molecule has 15 heavy (non-hydrogen) atoms. The molecule has 0 amide bonds. The zero-order valence-electron chi connectivity index (χ0n) is 8.82. The fraction of sp³-hybridized carbons (Fsp3) is 0.308. The minimum absolute atomic E-state index is 0.186. The third-order valence-corrected chi connectivity index (χ3v) is 2.90. The summed E-state index contributed by atoms with van der Waals surface area (Å²) >= 11 is 0. The second kappa shape index (κ2) is 3.89. The number of ketones is 1.